The highest BCUT2D eigenvalue weighted by atomic mass is 32.2. The number of aliphatic hydroxyl groups is 1. The number of aromatic nitrogens is 1. The second kappa shape index (κ2) is 6.91. The molecule has 0 spiro atoms. The molecule has 1 aromatic heterocycles. The van der Waals surface area contributed by atoms with Gasteiger partial charge in [0.05, 0.1) is 12.7 Å². The van der Waals surface area contributed by atoms with Gasteiger partial charge in [-0.15, -0.1) is 0 Å². The molecule has 1 atom stereocenters. The summed E-state index contributed by atoms with van der Waals surface area (Å²) in [5.41, 5.74) is 0.610. The third-order valence-electron chi connectivity index (χ3n) is 3.91. The minimum Gasteiger partial charge on any atom is -0.390 e. The monoisotopic (exact) mass is 316 g/mol. The fraction of sp³-hybridized carbons (Fsp3) is 0.714. The smallest absolute Gasteiger partial charge is 0.244 e. The zero-order valence-electron chi connectivity index (χ0n) is 12.7. The number of hydrogen-bond donors (Lipinski definition) is 1. The summed E-state index contributed by atoms with van der Waals surface area (Å²) in [7, 11) is -1.96. The number of sulfonamides is 1. The van der Waals surface area contributed by atoms with Crippen molar-refractivity contribution in [2.45, 2.75) is 50.3 Å². The van der Waals surface area contributed by atoms with Crippen LogP contribution in [0.4, 0.5) is 0 Å². The van der Waals surface area contributed by atoms with Crippen LogP contribution in [0.3, 0.4) is 0 Å². The Morgan fingerprint density at radius 2 is 2.24 bits per heavy atom. The van der Waals surface area contributed by atoms with Crippen LogP contribution in [-0.2, 0) is 27.9 Å². The van der Waals surface area contributed by atoms with E-state index >= 15 is 0 Å². The Kier molecular flexibility index (Phi) is 5.43. The average molecular weight is 316 g/mol. The first-order chi connectivity index (χ1) is 9.98. The van der Waals surface area contributed by atoms with E-state index in [-0.39, 0.29) is 17.6 Å². The SMILES string of the molecule is CCn1cc(S(=O)(=O)N(C)CC2CCCCO2)cc1CO. The maximum atomic E-state index is 12.6. The summed E-state index contributed by atoms with van der Waals surface area (Å²) in [5.74, 6) is 0. The summed E-state index contributed by atoms with van der Waals surface area (Å²) < 4.78 is 33.9. The van der Waals surface area contributed by atoms with Crippen molar-refractivity contribution < 1.29 is 18.3 Å². The maximum absolute atomic E-state index is 12.6. The minimum absolute atomic E-state index is 0.0240. The van der Waals surface area contributed by atoms with Crippen LogP contribution in [0.5, 0.6) is 0 Å². The lowest BCUT2D eigenvalue weighted by Crippen LogP contribution is -2.37. The van der Waals surface area contributed by atoms with Crippen molar-refractivity contribution in [2.75, 3.05) is 20.2 Å². The molecule has 1 N–H and O–H groups in total. The van der Waals surface area contributed by atoms with Gasteiger partial charge < -0.3 is 14.4 Å². The van der Waals surface area contributed by atoms with Gasteiger partial charge in [-0.25, -0.2) is 8.42 Å². The standard InChI is InChI=1S/C14H24N2O4S/c1-3-16-10-14(8-12(16)11-17)21(18,19)15(2)9-13-6-4-5-7-20-13/h8,10,13,17H,3-7,9,11H2,1-2H3. The van der Waals surface area contributed by atoms with Gasteiger partial charge in [0.2, 0.25) is 10.0 Å². The molecule has 1 aromatic rings. The topological polar surface area (TPSA) is 71.8 Å². The first-order valence-electron chi connectivity index (χ1n) is 7.37. The first-order valence-corrected chi connectivity index (χ1v) is 8.81. The van der Waals surface area contributed by atoms with Crippen molar-refractivity contribution in [2.24, 2.45) is 0 Å². The Morgan fingerprint density at radius 1 is 1.48 bits per heavy atom. The predicted molar refractivity (Wildman–Crippen MR) is 79.4 cm³/mol. The highest BCUT2D eigenvalue weighted by Crippen LogP contribution is 2.21. The van der Waals surface area contributed by atoms with E-state index in [1.807, 2.05) is 6.92 Å². The lowest BCUT2D eigenvalue weighted by molar-refractivity contribution is 0.00858. The molecule has 120 valence electrons. The van der Waals surface area contributed by atoms with Crippen LogP contribution in [0.1, 0.15) is 31.9 Å². The van der Waals surface area contributed by atoms with E-state index < -0.39 is 10.0 Å². The molecular formula is C14H24N2O4S. The number of aryl methyl sites for hydroxylation is 1. The predicted octanol–water partition coefficient (Wildman–Crippen LogP) is 1.19. The second-order valence-electron chi connectivity index (χ2n) is 5.39. The van der Waals surface area contributed by atoms with Gasteiger partial charge in [0.1, 0.15) is 4.90 Å². The van der Waals surface area contributed by atoms with Gasteiger partial charge in [0.25, 0.3) is 0 Å². The molecule has 0 saturated carbocycles. The van der Waals surface area contributed by atoms with Crippen molar-refractivity contribution in [3.63, 3.8) is 0 Å². The van der Waals surface area contributed by atoms with Gasteiger partial charge >= 0.3 is 0 Å². The van der Waals surface area contributed by atoms with Crippen molar-refractivity contribution >= 4 is 10.0 Å². The number of hydrogen-bond acceptors (Lipinski definition) is 4. The minimum atomic E-state index is -3.54. The fourth-order valence-corrected chi connectivity index (χ4v) is 3.88. The molecule has 1 aliphatic rings. The highest BCUT2D eigenvalue weighted by molar-refractivity contribution is 7.89. The van der Waals surface area contributed by atoms with Gasteiger partial charge in [-0.05, 0) is 32.3 Å². The Morgan fingerprint density at radius 3 is 2.76 bits per heavy atom. The maximum Gasteiger partial charge on any atom is 0.244 e. The van der Waals surface area contributed by atoms with Crippen LogP contribution in [0.2, 0.25) is 0 Å². The van der Waals surface area contributed by atoms with E-state index in [9.17, 15) is 13.5 Å². The van der Waals surface area contributed by atoms with Crippen molar-refractivity contribution in [1.82, 2.24) is 8.87 Å². The largest absolute Gasteiger partial charge is 0.390 e. The molecule has 21 heavy (non-hydrogen) atoms. The Hall–Kier alpha value is -0.890. The van der Waals surface area contributed by atoms with Gasteiger partial charge in [-0.1, -0.05) is 0 Å². The number of aliphatic hydroxyl groups excluding tert-OH is 1. The van der Waals surface area contributed by atoms with Crippen molar-refractivity contribution in [3.8, 4) is 0 Å². The molecule has 2 rings (SSSR count). The van der Waals surface area contributed by atoms with Crippen LogP contribution in [0.25, 0.3) is 0 Å². The third-order valence-corrected chi connectivity index (χ3v) is 5.70. The quantitative estimate of drug-likeness (QED) is 0.856. The van der Waals surface area contributed by atoms with Crippen LogP contribution in [0.15, 0.2) is 17.2 Å². The molecule has 0 bridgehead atoms. The van der Waals surface area contributed by atoms with E-state index in [1.165, 1.54) is 10.4 Å². The molecule has 0 aliphatic carbocycles. The van der Waals surface area contributed by atoms with E-state index in [1.54, 1.807) is 17.8 Å². The van der Waals surface area contributed by atoms with Crippen molar-refractivity contribution in [1.29, 1.82) is 0 Å². The summed E-state index contributed by atoms with van der Waals surface area (Å²) in [6.45, 7) is 3.45. The molecule has 1 unspecified atom stereocenters. The van der Waals surface area contributed by atoms with Crippen molar-refractivity contribution in [3.05, 3.63) is 18.0 Å². The van der Waals surface area contributed by atoms with Gasteiger partial charge in [-0.2, -0.15) is 4.31 Å². The average Bonchev–Trinajstić information content (AvgIpc) is 2.92. The van der Waals surface area contributed by atoms with Crippen LogP contribution in [0, 0.1) is 0 Å². The third kappa shape index (κ3) is 3.66. The number of nitrogens with zero attached hydrogens (tertiary/aromatic N) is 2. The molecule has 7 heteroatoms. The molecular weight excluding hydrogens is 292 g/mol. The molecule has 1 aliphatic heterocycles. The molecule has 2 heterocycles. The zero-order valence-corrected chi connectivity index (χ0v) is 13.5. The van der Waals surface area contributed by atoms with Crippen LogP contribution >= 0.6 is 0 Å². The first kappa shape index (κ1) is 16.5. The summed E-state index contributed by atoms with van der Waals surface area (Å²) >= 11 is 0. The van der Waals surface area contributed by atoms with Crippen LogP contribution < -0.4 is 0 Å². The Labute approximate surface area is 126 Å². The van der Waals surface area contributed by atoms with E-state index in [2.05, 4.69) is 0 Å². The van der Waals surface area contributed by atoms with Gasteiger partial charge in [0.15, 0.2) is 0 Å². The molecule has 6 nitrogen and oxygen atoms in total. The lowest BCUT2D eigenvalue weighted by atomic mass is 10.1. The molecule has 0 amide bonds. The summed E-state index contributed by atoms with van der Waals surface area (Å²) in [6, 6.07) is 1.54. The lowest BCUT2D eigenvalue weighted by Gasteiger charge is -2.26. The fourth-order valence-electron chi connectivity index (χ4n) is 2.61. The molecule has 1 fully saturated rings. The molecule has 1 saturated heterocycles. The normalized spacial score (nSPS) is 20.1. The highest BCUT2D eigenvalue weighted by Gasteiger charge is 2.26. The van der Waals surface area contributed by atoms with E-state index in [0.29, 0.717) is 25.4 Å². The number of rotatable bonds is 6. The zero-order chi connectivity index (χ0) is 15.5. The summed E-state index contributed by atoms with van der Waals surface area (Å²) in [4.78, 5) is 0.228. The summed E-state index contributed by atoms with van der Waals surface area (Å²) in [5, 5.41) is 9.28. The van der Waals surface area contributed by atoms with E-state index in [4.69, 9.17) is 4.74 Å². The molecule has 0 aromatic carbocycles. The van der Waals surface area contributed by atoms with Crippen LogP contribution in [-0.4, -0.2) is 48.7 Å². The summed E-state index contributed by atoms with van der Waals surface area (Å²) in [6.07, 6.45) is 4.59. The number of likely N-dealkylation sites (N-methyl/N-ethyl adjacent to an activating group) is 1. The molecule has 0 radical (unpaired) electrons. The Balaban J connectivity index is 2.14. The van der Waals surface area contributed by atoms with E-state index in [0.717, 1.165) is 19.3 Å². The number of ether oxygens (including phenoxy) is 1. The van der Waals surface area contributed by atoms with Gasteiger partial charge in [0, 0.05) is 38.6 Å². The van der Waals surface area contributed by atoms with Gasteiger partial charge in [-0.3, -0.25) is 0 Å². The second-order valence-corrected chi connectivity index (χ2v) is 7.43. The Bertz CT molecular complexity index is 540.